The van der Waals surface area contributed by atoms with E-state index in [2.05, 4.69) is 75.1 Å². The molecule has 9 heteroatoms. The number of hydrogen-bond donors (Lipinski definition) is 1. The summed E-state index contributed by atoms with van der Waals surface area (Å²) in [5.74, 6) is 1.85. The molecule has 194 valence electrons. The summed E-state index contributed by atoms with van der Waals surface area (Å²) >= 11 is 0. The van der Waals surface area contributed by atoms with E-state index in [1.54, 1.807) is 0 Å². The molecular formula is C26H39Cl2N5O2. The van der Waals surface area contributed by atoms with Crippen LogP contribution < -0.4 is 9.47 Å². The lowest BCUT2D eigenvalue weighted by Crippen LogP contribution is -2.45. The molecule has 0 bridgehead atoms. The van der Waals surface area contributed by atoms with E-state index >= 15 is 0 Å². The average Bonchev–Trinajstić information content (AvgIpc) is 3.18. The summed E-state index contributed by atoms with van der Waals surface area (Å²) in [4.78, 5) is 13.3. The summed E-state index contributed by atoms with van der Waals surface area (Å²) in [6, 6.07) is 12.7. The highest BCUT2D eigenvalue weighted by atomic mass is 35.5. The number of nitrogens with one attached hydrogen (secondary N) is 1. The van der Waals surface area contributed by atoms with Crippen LogP contribution in [0, 0.1) is 0 Å². The van der Waals surface area contributed by atoms with Gasteiger partial charge in [-0.2, -0.15) is 0 Å². The van der Waals surface area contributed by atoms with Gasteiger partial charge in [-0.3, -0.25) is 9.80 Å². The molecule has 35 heavy (non-hydrogen) atoms. The van der Waals surface area contributed by atoms with Crippen molar-refractivity contribution in [3.05, 3.63) is 36.4 Å². The van der Waals surface area contributed by atoms with Gasteiger partial charge >= 0.3 is 0 Å². The second-order valence-electron chi connectivity index (χ2n) is 9.53. The number of likely N-dealkylation sites (N-methyl/N-ethyl adjacent to an activating group) is 2. The summed E-state index contributed by atoms with van der Waals surface area (Å²) in [5, 5.41) is 2.45. The molecule has 0 atom stereocenters. The van der Waals surface area contributed by atoms with E-state index in [-0.39, 0.29) is 24.8 Å². The average molecular weight is 525 g/mol. The number of ether oxygens (including phenoxy) is 2. The minimum Gasteiger partial charge on any atom is -0.492 e. The maximum Gasteiger partial charge on any atom is 0.121 e. The predicted molar refractivity (Wildman–Crippen MR) is 149 cm³/mol. The molecule has 1 N–H and O–H groups in total. The molecule has 7 nitrogen and oxygen atoms in total. The maximum atomic E-state index is 6.07. The quantitative estimate of drug-likeness (QED) is 0.488. The van der Waals surface area contributed by atoms with Gasteiger partial charge in [-0.15, -0.1) is 24.8 Å². The molecule has 2 fully saturated rings. The predicted octanol–water partition coefficient (Wildman–Crippen LogP) is 3.42. The fourth-order valence-corrected chi connectivity index (χ4v) is 4.78. The van der Waals surface area contributed by atoms with Gasteiger partial charge < -0.3 is 24.3 Å². The van der Waals surface area contributed by atoms with Crippen LogP contribution in [0.2, 0.25) is 0 Å². The van der Waals surface area contributed by atoms with Crippen LogP contribution >= 0.6 is 24.8 Å². The molecule has 0 amide bonds. The van der Waals surface area contributed by atoms with Crippen molar-refractivity contribution >= 4 is 46.6 Å². The molecule has 5 rings (SSSR count). The van der Waals surface area contributed by atoms with Crippen molar-refractivity contribution in [1.29, 1.82) is 0 Å². The minimum absolute atomic E-state index is 0. The molecule has 2 aliphatic heterocycles. The van der Waals surface area contributed by atoms with Gasteiger partial charge in [-0.05, 0) is 38.4 Å². The van der Waals surface area contributed by atoms with Crippen molar-refractivity contribution in [1.82, 2.24) is 24.6 Å². The number of H-pyrrole nitrogens is 1. The van der Waals surface area contributed by atoms with Crippen molar-refractivity contribution in [3.63, 3.8) is 0 Å². The number of benzene rings is 2. The summed E-state index contributed by atoms with van der Waals surface area (Å²) in [6.07, 6.45) is 0. The van der Waals surface area contributed by atoms with Crippen LogP contribution in [0.4, 0.5) is 0 Å². The number of aromatic amines is 1. The summed E-state index contributed by atoms with van der Waals surface area (Å²) < 4.78 is 12.1. The number of aromatic nitrogens is 1. The van der Waals surface area contributed by atoms with E-state index in [1.807, 2.05) is 0 Å². The Hall–Kier alpha value is -1.74. The van der Waals surface area contributed by atoms with E-state index in [4.69, 9.17) is 9.47 Å². The van der Waals surface area contributed by atoms with E-state index in [0.717, 1.165) is 101 Å². The maximum absolute atomic E-state index is 6.07. The largest absolute Gasteiger partial charge is 0.492 e. The lowest BCUT2D eigenvalue weighted by molar-refractivity contribution is 0.134. The molecule has 0 radical (unpaired) electrons. The Balaban J connectivity index is 0.00000171. The fraction of sp³-hybridized carbons (Fsp3) is 0.538. The number of piperazine rings is 2. The van der Waals surface area contributed by atoms with Gasteiger partial charge in [0.25, 0.3) is 0 Å². The van der Waals surface area contributed by atoms with Crippen molar-refractivity contribution in [2.24, 2.45) is 0 Å². The van der Waals surface area contributed by atoms with Gasteiger partial charge in [0.05, 0.1) is 11.0 Å². The van der Waals surface area contributed by atoms with Crippen LogP contribution in [0.3, 0.4) is 0 Å². The van der Waals surface area contributed by atoms with Crippen LogP contribution in [-0.4, -0.2) is 117 Å². The molecule has 0 aliphatic carbocycles. The first-order chi connectivity index (χ1) is 16.1. The highest BCUT2D eigenvalue weighted by molar-refractivity contribution is 6.07. The zero-order valence-electron chi connectivity index (χ0n) is 20.9. The van der Waals surface area contributed by atoms with Gasteiger partial charge in [0, 0.05) is 88.4 Å². The molecule has 0 unspecified atom stereocenters. The zero-order chi connectivity index (χ0) is 22.6. The van der Waals surface area contributed by atoms with Crippen LogP contribution in [0.5, 0.6) is 11.5 Å². The SMILES string of the molecule is CN1CCN(CCOc2ccc3c(c2)[nH]c2cc(OCCN4CCN(C)CC4)ccc23)CC1.Cl.Cl. The standard InChI is InChI=1S/C26H37N5O2.2ClH/c1-28-7-11-30(12-8-28)15-17-32-21-3-5-23-24-6-4-22(20-26(24)27-25(23)19-21)33-18-16-31-13-9-29(2)10-14-31;;/h3-6,19-20,27H,7-18H2,1-2H3;2*1H. The number of hydrogen-bond acceptors (Lipinski definition) is 6. The highest BCUT2D eigenvalue weighted by Gasteiger charge is 2.15. The van der Waals surface area contributed by atoms with Crippen LogP contribution in [0.1, 0.15) is 0 Å². The molecule has 2 aliphatic rings. The monoisotopic (exact) mass is 523 g/mol. The Kier molecular flexibility index (Phi) is 10.3. The third-order valence-electron chi connectivity index (χ3n) is 7.09. The number of nitrogens with zero attached hydrogens (tertiary/aromatic N) is 4. The molecule has 1 aromatic heterocycles. The Labute approximate surface area is 221 Å². The Morgan fingerprint density at radius 1 is 0.629 bits per heavy atom. The molecule has 3 heterocycles. The van der Waals surface area contributed by atoms with E-state index in [9.17, 15) is 0 Å². The first kappa shape index (κ1) is 27.8. The van der Waals surface area contributed by atoms with Crippen LogP contribution in [-0.2, 0) is 0 Å². The first-order valence-corrected chi connectivity index (χ1v) is 12.3. The smallest absolute Gasteiger partial charge is 0.121 e. The van der Waals surface area contributed by atoms with Crippen molar-refractivity contribution < 1.29 is 9.47 Å². The van der Waals surface area contributed by atoms with E-state index in [0.29, 0.717) is 0 Å². The topological polar surface area (TPSA) is 47.2 Å². The minimum atomic E-state index is 0. The second kappa shape index (κ2) is 13.0. The first-order valence-electron chi connectivity index (χ1n) is 12.3. The Bertz CT molecular complexity index is 980. The zero-order valence-corrected chi connectivity index (χ0v) is 22.5. The van der Waals surface area contributed by atoms with Gasteiger partial charge in [-0.1, -0.05) is 0 Å². The summed E-state index contributed by atoms with van der Waals surface area (Å²) in [7, 11) is 4.38. The molecule has 0 saturated carbocycles. The molecule has 2 aromatic carbocycles. The highest BCUT2D eigenvalue weighted by Crippen LogP contribution is 2.30. The van der Waals surface area contributed by atoms with Crippen LogP contribution in [0.25, 0.3) is 21.8 Å². The second-order valence-corrected chi connectivity index (χ2v) is 9.53. The Morgan fingerprint density at radius 2 is 1.03 bits per heavy atom. The number of rotatable bonds is 8. The molecular weight excluding hydrogens is 485 g/mol. The van der Waals surface area contributed by atoms with Crippen molar-refractivity contribution in [2.75, 3.05) is 92.8 Å². The lowest BCUT2D eigenvalue weighted by atomic mass is 10.1. The van der Waals surface area contributed by atoms with Gasteiger partial charge in [0.15, 0.2) is 0 Å². The number of fused-ring (bicyclic) bond motifs is 3. The van der Waals surface area contributed by atoms with Gasteiger partial charge in [0.2, 0.25) is 0 Å². The van der Waals surface area contributed by atoms with Gasteiger partial charge in [-0.25, -0.2) is 0 Å². The summed E-state index contributed by atoms with van der Waals surface area (Å²) in [6.45, 7) is 12.5. The van der Waals surface area contributed by atoms with Crippen LogP contribution in [0.15, 0.2) is 36.4 Å². The molecule has 0 spiro atoms. The van der Waals surface area contributed by atoms with E-state index in [1.165, 1.54) is 10.8 Å². The normalized spacial score (nSPS) is 18.3. The van der Waals surface area contributed by atoms with E-state index < -0.39 is 0 Å². The third kappa shape index (κ3) is 7.15. The molecule has 3 aromatic rings. The molecule has 2 saturated heterocycles. The number of halogens is 2. The van der Waals surface area contributed by atoms with Crippen molar-refractivity contribution in [3.8, 4) is 11.5 Å². The summed E-state index contributed by atoms with van der Waals surface area (Å²) in [5.41, 5.74) is 2.22. The Morgan fingerprint density at radius 3 is 1.43 bits per heavy atom. The fourth-order valence-electron chi connectivity index (χ4n) is 4.78. The lowest BCUT2D eigenvalue weighted by Gasteiger charge is -2.32. The van der Waals surface area contributed by atoms with Gasteiger partial charge in [0.1, 0.15) is 24.7 Å². The third-order valence-corrected chi connectivity index (χ3v) is 7.09. The van der Waals surface area contributed by atoms with Crippen molar-refractivity contribution in [2.45, 2.75) is 0 Å².